The topological polar surface area (TPSA) is 53.2 Å². The van der Waals surface area contributed by atoms with Crippen molar-refractivity contribution in [3.63, 3.8) is 0 Å². The van der Waals surface area contributed by atoms with Gasteiger partial charge in [-0.25, -0.2) is 0 Å². The highest BCUT2D eigenvalue weighted by molar-refractivity contribution is 5.31. The van der Waals surface area contributed by atoms with Crippen LogP contribution in [0.2, 0.25) is 0 Å². The molecule has 0 aromatic heterocycles. The molecule has 0 heterocycles. The zero-order valence-electron chi connectivity index (χ0n) is 12.3. The largest absolute Gasteiger partial charge is 0.491 e. The second kappa shape index (κ2) is 6.28. The van der Waals surface area contributed by atoms with Crippen LogP contribution < -0.4 is 4.74 Å². The van der Waals surface area contributed by atoms with Crippen LogP contribution in [-0.2, 0) is 0 Å². The number of rotatable bonds is 4. The van der Waals surface area contributed by atoms with E-state index >= 15 is 0 Å². The minimum absolute atomic E-state index is 0.134. The Bertz CT molecular complexity index is 467. The van der Waals surface area contributed by atoms with Gasteiger partial charge in [-0.2, -0.15) is 5.26 Å². The van der Waals surface area contributed by atoms with Gasteiger partial charge in [0.2, 0.25) is 0 Å². The molecule has 2 rings (SSSR count). The van der Waals surface area contributed by atoms with Gasteiger partial charge in [-0.05, 0) is 44.4 Å². The third kappa shape index (κ3) is 3.13. The summed E-state index contributed by atoms with van der Waals surface area (Å²) in [6.07, 6.45) is 4.22. The molecule has 0 bridgehead atoms. The molecular formula is C17H23NO2. The number of benzene rings is 1. The van der Waals surface area contributed by atoms with E-state index in [-0.39, 0.29) is 6.10 Å². The predicted molar refractivity (Wildman–Crippen MR) is 78.3 cm³/mol. The van der Waals surface area contributed by atoms with E-state index in [9.17, 15) is 10.4 Å². The van der Waals surface area contributed by atoms with E-state index in [0.717, 1.165) is 43.4 Å². The smallest absolute Gasteiger partial charge is 0.119 e. The molecule has 1 aromatic rings. The standard InChI is InChI=1S/C17H23NO2/c1-13(2)20-15-8-6-14(7-9-15)16(19)17(12-18)10-4-3-5-11-17/h6-9,13,16,19H,3-5,10-11H2,1-2H3. The minimum Gasteiger partial charge on any atom is -0.491 e. The van der Waals surface area contributed by atoms with E-state index in [4.69, 9.17) is 4.74 Å². The van der Waals surface area contributed by atoms with Crippen LogP contribution in [0.1, 0.15) is 57.6 Å². The van der Waals surface area contributed by atoms with Gasteiger partial charge in [0.05, 0.1) is 23.7 Å². The van der Waals surface area contributed by atoms with Crippen molar-refractivity contribution in [1.82, 2.24) is 0 Å². The first-order chi connectivity index (χ1) is 9.57. The maximum absolute atomic E-state index is 10.6. The van der Waals surface area contributed by atoms with Gasteiger partial charge in [0.15, 0.2) is 0 Å². The van der Waals surface area contributed by atoms with Crippen molar-refractivity contribution in [2.45, 2.75) is 58.2 Å². The number of hydrogen-bond donors (Lipinski definition) is 1. The molecule has 1 aliphatic carbocycles. The van der Waals surface area contributed by atoms with Crippen molar-refractivity contribution >= 4 is 0 Å². The molecule has 20 heavy (non-hydrogen) atoms. The van der Waals surface area contributed by atoms with Gasteiger partial charge in [0, 0.05) is 0 Å². The summed E-state index contributed by atoms with van der Waals surface area (Å²) < 4.78 is 5.60. The van der Waals surface area contributed by atoms with E-state index in [2.05, 4.69) is 6.07 Å². The Morgan fingerprint density at radius 2 is 1.75 bits per heavy atom. The van der Waals surface area contributed by atoms with Crippen LogP contribution >= 0.6 is 0 Å². The zero-order valence-corrected chi connectivity index (χ0v) is 12.3. The molecule has 1 N–H and O–H groups in total. The minimum atomic E-state index is -0.708. The lowest BCUT2D eigenvalue weighted by Crippen LogP contribution is -2.30. The van der Waals surface area contributed by atoms with Crippen LogP contribution in [0.25, 0.3) is 0 Å². The average Bonchev–Trinajstić information content (AvgIpc) is 2.47. The van der Waals surface area contributed by atoms with Crippen molar-refractivity contribution in [2.75, 3.05) is 0 Å². The van der Waals surface area contributed by atoms with E-state index in [1.54, 1.807) is 0 Å². The third-order valence-electron chi connectivity index (χ3n) is 4.06. The number of ether oxygens (including phenoxy) is 1. The Morgan fingerprint density at radius 3 is 2.25 bits per heavy atom. The second-order valence-electron chi connectivity index (χ2n) is 5.97. The van der Waals surface area contributed by atoms with E-state index < -0.39 is 11.5 Å². The molecule has 0 aliphatic heterocycles. The molecule has 1 fully saturated rings. The first kappa shape index (κ1) is 14.9. The normalized spacial score (nSPS) is 19.4. The van der Waals surface area contributed by atoms with Crippen molar-refractivity contribution in [1.29, 1.82) is 5.26 Å². The fourth-order valence-corrected chi connectivity index (χ4v) is 2.95. The van der Waals surface area contributed by atoms with Gasteiger partial charge in [0.1, 0.15) is 5.75 Å². The summed E-state index contributed by atoms with van der Waals surface area (Å²) in [6, 6.07) is 9.86. The second-order valence-corrected chi connectivity index (χ2v) is 5.97. The highest BCUT2D eigenvalue weighted by Gasteiger charge is 2.40. The number of nitrogens with zero attached hydrogens (tertiary/aromatic N) is 1. The number of hydrogen-bond acceptors (Lipinski definition) is 3. The summed E-state index contributed by atoms with van der Waals surface area (Å²) in [6.45, 7) is 3.96. The average molecular weight is 273 g/mol. The van der Waals surface area contributed by atoms with Gasteiger partial charge in [-0.1, -0.05) is 31.4 Å². The first-order valence-electron chi connectivity index (χ1n) is 7.43. The Kier molecular flexibility index (Phi) is 4.67. The van der Waals surface area contributed by atoms with Crippen LogP contribution in [0.15, 0.2) is 24.3 Å². The number of aliphatic hydroxyl groups is 1. The lowest BCUT2D eigenvalue weighted by atomic mass is 9.69. The van der Waals surface area contributed by atoms with E-state index in [1.165, 1.54) is 0 Å². The SMILES string of the molecule is CC(C)Oc1ccc(C(O)C2(C#N)CCCCC2)cc1. The monoisotopic (exact) mass is 273 g/mol. The Labute approximate surface area is 121 Å². The fraction of sp³-hybridized carbons (Fsp3) is 0.588. The summed E-state index contributed by atoms with van der Waals surface area (Å²) in [5, 5.41) is 20.1. The lowest BCUT2D eigenvalue weighted by Gasteiger charge is -2.35. The predicted octanol–water partition coefficient (Wildman–Crippen LogP) is 3.98. The molecule has 1 atom stereocenters. The van der Waals surface area contributed by atoms with Gasteiger partial charge in [-0.3, -0.25) is 0 Å². The summed E-state index contributed by atoms with van der Waals surface area (Å²) in [5.74, 6) is 0.797. The number of aliphatic hydroxyl groups excluding tert-OH is 1. The van der Waals surface area contributed by atoms with Crippen molar-refractivity contribution < 1.29 is 9.84 Å². The quantitative estimate of drug-likeness (QED) is 0.902. The maximum atomic E-state index is 10.6. The summed E-state index contributed by atoms with van der Waals surface area (Å²) >= 11 is 0. The van der Waals surface area contributed by atoms with E-state index in [1.807, 2.05) is 38.1 Å². The molecule has 3 nitrogen and oxygen atoms in total. The summed E-state index contributed by atoms with van der Waals surface area (Å²) in [4.78, 5) is 0. The van der Waals surface area contributed by atoms with Gasteiger partial charge >= 0.3 is 0 Å². The van der Waals surface area contributed by atoms with Crippen LogP contribution in [0, 0.1) is 16.7 Å². The molecular weight excluding hydrogens is 250 g/mol. The van der Waals surface area contributed by atoms with Gasteiger partial charge in [-0.15, -0.1) is 0 Å². The zero-order chi connectivity index (χ0) is 14.6. The number of nitriles is 1. The molecule has 0 radical (unpaired) electrons. The molecule has 1 unspecified atom stereocenters. The fourth-order valence-electron chi connectivity index (χ4n) is 2.95. The Hall–Kier alpha value is -1.53. The molecule has 1 aromatic carbocycles. The van der Waals surface area contributed by atoms with Crippen LogP contribution in [-0.4, -0.2) is 11.2 Å². The highest BCUT2D eigenvalue weighted by atomic mass is 16.5. The molecule has 0 spiro atoms. The van der Waals surface area contributed by atoms with Crippen LogP contribution in [0.5, 0.6) is 5.75 Å². The Morgan fingerprint density at radius 1 is 1.15 bits per heavy atom. The summed E-state index contributed by atoms with van der Waals surface area (Å²) in [7, 11) is 0. The molecule has 3 heteroatoms. The van der Waals surface area contributed by atoms with Crippen molar-refractivity contribution in [3.05, 3.63) is 29.8 Å². The highest BCUT2D eigenvalue weighted by Crippen LogP contribution is 2.45. The molecule has 1 saturated carbocycles. The third-order valence-corrected chi connectivity index (χ3v) is 4.06. The molecule has 1 aliphatic rings. The van der Waals surface area contributed by atoms with Crippen molar-refractivity contribution in [3.8, 4) is 11.8 Å². The first-order valence-corrected chi connectivity index (χ1v) is 7.43. The molecule has 108 valence electrons. The Balaban J connectivity index is 2.15. The summed E-state index contributed by atoms with van der Waals surface area (Å²) in [5.41, 5.74) is 0.197. The van der Waals surface area contributed by atoms with Crippen LogP contribution in [0.4, 0.5) is 0 Å². The van der Waals surface area contributed by atoms with Gasteiger partial charge in [0.25, 0.3) is 0 Å². The molecule has 0 saturated heterocycles. The van der Waals surface area contributed by atoms with Crippen LogP contribution in [0.3, 0.4) is 0 Å². The lowest BCUT2D eigenvalue weighted by molar-refractivity contribution is 0.0359. The maximum Gasteiger partial charge on any atom is 0.119 e. The molecule has 0 amide bonds. The van der Waals surface area contributed by atoms with E-state index in [0.29, 0.717) is 0 Å². The van der Waals surface area contributed by atoms with Crippen molar-refractivity contribution in [2.24, 2.45) is 5.41 Å². The van der Waals surface area contributed by atoms with Gasteiger partial charge < -0.3 is 9.84 Å².